The molecule has 1 heterocycles. The van der Waals surface area contributed by atoms with Crippen LogP contribution < -0.4 is 5.73 Å². The van der Waals surface area contributed by atoms with E-state index in [4.69, 9.17) is 5.73 Å². The molecule has 0 bridgehead atoms. The first kappa shape index (κ1) is 13.5. The highest BCUT2D eigenvalue weighted by Gasteiger charge is 2.22. The van der Waals surface area contributed by atoms with E-state index < -0.39 is 0 Å². The summed E-state index contributed by atoms with van der Waals surface area (Å²) in [5.74, 6) is 0. The Balaban J connectivity index is 2.09. The van der Waals surface area contributed by atoms with Crippen LogP contribution in [0.25, 0.3) is 0 Å². The van der Waals surface area contributed by atoms with E-state index in [2.05, 4.69) is 48.0 Å². The van der Waals surface area contributed by atoms with Gasteiger partial charge in [0, 0.05) is 32.2 Å². The Bertz CT molecular complexity index is 353. The number of benzene rings is 1. The predicted octanol–water partition coefficient (Wildman–Crippen LogP) is 1.63. The summed E-state index contributed by atoms with van der Waals surface area (Å²) < 4.78 is 0. The van der Waals surface area contributed by atoms with Crippen LogP contribution in [0, 0.1) is 6.92 Å². The Hall–Kier alpha value is -0.900. The molecule has 3 nitrogen and oxygen atoms in total. The molecule has 1 aliphatic heterocycles. The third-order valence-electron chi connectivity index (χ3n) is 3.88. The first-order chi connectivity index (χ1) is 8.70. The normalized spacial score (nSPS) is 19.9. The number of piperazine rings is 1. The minimum absolute atomic E-state index is 0.490. The van der Waals surface area contributed by atoms with Crippen LogP contribution in [0.4, 0.5) is 0 Å². The summed E-state index contributed by atoms with van der Waals surface area (Å²) in [6.45, 7) is 7.51. The van der Waals surface area contributed by atoms with E-state index in [1.54, 1.807) is 0 Å². The van der Waals surface area contributed by atoms with Crippen molar-refractivity contribution in [2.24, 2.45) is 5.73 Å². The molecule has 1 fully saturated rings. The predicted molar refractivity (Wildman–Crippen MR) is 76.7 cm³/mol. The van der Waals surface area contributed by atoms with Gasteiger partial charge in [-0.3, -0.25) is 4.90 Å². The van der Waals surface area contributed by atoms with Gasteiger partial charge in [0.15, 0.2) is 0 Å². The lowest BCUT2D eigenvalue weighted by Gasteiger charge is -2.38. The first-order valence-corrected chi connectivity index (χ1v) is 6.90. The highest BCUT2D eigenvalue weighted by molar-refractivity contribution is 5.24. The van der Waals surface area contributed by atoms with Gasteiger partial charge in [-0.05, 0) is 32.5 Å². The molecule has 0 radical (unpaired) electrons. The fraction of sp³-hybridized carbons (Fsp3) is 0.600. The zero-order valence-corrected chi connectivity index (χ0v) is 11.6. The molecule has 0 spiro atoms. The Kier molecular flexibility index (Phi) is 4.75. The number of rotatable bonds is 4. The van der Waals surface area contributed by atoms with Gasteiger partial charge in [0.2, 0.25) is 0 Å². The molecular formula is C15H25N3. The van der Waals surface area contributed by atoms with Crippen LogP contribution in [0.2, 0.25) is 0 Å². The van der Waals surface area contributed by atoms with Gasteiger partial charge in [-0.2, -0.15) is 0 Å². The second-order valence-electron chi connectivity index (χ2n) is 5.34. The van der Waals surface area contributed by atoms with E-state index in [0.717, 1.165) is 39.1 Å². The van der Waals surface area contributed by atoms with Crippen LogP contribution in [0.5, 0.6) is 0 Å². The maximum absolute atomic E-state index is 5.79. The molecule has 1 unspecified atom stereocenters. The highest BCUT2D eigenvalue weighted by atomic mass is 15.3. The average Bonchev–Trinajstić information content (AvgIpc) is 2.39. The van der Waals surface area contributed by atoms with Crippen LogP contribution in [0.15, 0.2) is 24.3 Å². The molecule has 0 saturated carbocycles. The lowest BCUT2D eigenvalue weighted by molar-refractivity contribution is 0.108. The Labute approximate surface area is 111 Å². The van der Waals surface area contributed by atoms with Crippen molar-refractivity contribution in [3.63, 3.8) is 0 Å². The van der Waals surface area contributed by atoms with Gasteiger partial charge in [0.1, 0.15) is 0 Å². The van der Waals surface area contributed by atoms with E-state index in [9.17, 15) is 0 Å². The number of nitrogens with zero attached hydrogens (tertiary/aromatic N) is 2. The van der Waals surface area contributed by atoms with E-state index in [-0.39, 0.29) is 0 Å². The maximum Gasteiger partial charge on any atom is 0.0361 e. The van der Waals surface area contributed by atoms with Gasteiger partial charge >= 0.3 is 0 Å². The number of hydrogen-bond acceptors (Lipinski definition) is 3. The van der Waals surface area contributed by atoms with E-state index >= 15 is 0 Å². The van der Waals surface area contributed by atoms with Gasteiger partial charge in [0.25, 0.3) is 0 Å². The molecule has 0 amide bonds. The summed E-state index contributed by atoms with van der Waals surface area (Å²) >= 11 is 0. The fourth-order valence-electron chi connectivity index (χ4n) is 2.64. The third kappa shape index (κ3) is 3.31. The van der Waals surface area contributed by atoms with Crippen LogP contribution in [0.1, 0.15) is 23.6 Å². The van der Waals surface area contributed by atoms with Gasteiger partial charge in [-0.1, -0.05) is 29.8 Å². The lowest BCUT2D eigenvalue weighted by atomic mass is 10.00. The van der Waals surface area contributed by atoms with Crippen LogP contribution in [0.3, 0.4) is 0 Å². The van der Waals surface area contributed by atoms with E-state index in [1.807, 2.05) is 0 Å². The lowest BCUT2D eigenvalue weighted by Crippen LogP contribution is -2.46. The summed E-state index contributed by atoms with van der Waals surface area (Å²) in [7, 11) is 2.20. The van der Waals surface area contributed by atoms with Crippen LogP contribution >= 0.6 is 0 Å². The summed E-state index contributed by atoms with van der Waals surface area (Å²) in [5.41, 5.74) is 8.53. The smallest absolute Gasteiger partial charge is 0.0361 e. The maximum atomic E-state index is 5.79. The minimum atomic E-state index is 0.490. The average molecular weight is 247 g/mol. The first-order valence-electron chi connectivity index (χ1n) is 6.90. The van der Waals surface area contributed by atoms with Crippen molar-refractivity contribution in [3.8, 4) is 0 Å². The van der Waals surface area contributed by atoms with Crippen molar-refractivity contribution in [2.45, 2.75) is 19.4 Å². The van der Waals surface area contributed by atoms with E-state index in [0.29, 0.717) is 6.04 Å². The molecule has 0 aromatic heterocycles. The van der Waals surface area contributed by atoms with Crippen molar-refractivity contribution >= 4 is 0 Å². The molecule has 2 N–H and O–H groups in total. The number of aryl methyl sites for hydroxylation is 1. The Morgan fingerprint density at radius 2 is 1.72 bits per heavy atom. The molecule has 100 valence electrons. The van der Waals surface area contributed by atoms with Crippen LogP contribution in [-0.2, 0) is 0 Å². The molecule has 3 heteroatoms. The second-order valence-corrected chi connectivity index (χ2v) is 5.34. The van der Waals surface area contributed by atoms with Crippen molar-refractivity contribution in [2.75, 3.05) is 39.8 Å². The van der Waals surface area contributed by atoms with E-state index in [1.165, 1.54) is 11.1 Å². The fourth-order valence-corrected chi connectivity index (χ4v) is 2.64. The zero-order valence-electron chi connectivity index (χ0n) is 11.6. The van der Waals surface area contributed by atoms with Crippen molar-refractivity contribution in [1.29, 1.82) is 0 Å². The number of likely N-dealkylation sites (N-methyl/N-ethyl adjacent to an activating group) is 1. The SMILES string of the molecule is Cc1ccc(C(CCN)N2CCN(C)CC2)cc1. The van der Waals surface area contributed by atoms with Crippen molar-refractivity contribution < 1.29 is 0 Å². The molecule has 1 atom stereocenters. The molecule has 18 heavy (non-hydrogen) atoms. The topological polar surface area (TPSA) is 32.5 Å². The number of hydrogen-bond donors (Lipinski definition) is 1. The molecule has 1 saturated heterocycles. The summed E-state index contributed by atoms with van der Waals surface area (Å²) in [4.78, 5) is 4.97. The quantitative estimate of drug-likeness (QED) is 0.878. The van der Waals surface area contributed by atoms with Crippen molar-refractivity contribution in [1.82, 2.24) is 9.80 Å². The summed E-state index contributed by atoms with van der Waals surface area (Å²) in [6.07, 6.45) is 1.05. The standard InChI is InChI=1S/C15H25N3/c1-13-3-5-14(6-4-13)15(7-8-16)18-11-9-17(2)10-12-18/h3-6,15H,7-12,16H2,1-2H3. The van der Waals surface area contributed by atoms with Gasteiger partial charge in [-0.25, -0.2) is 0 Å². The molecule has 1 aromatic carbocycles. The molecule has 0 aliphatic carbocycles. The van der Waals surface area contributed by atoms with Crippen molar-refractivity contribution in [3.05, 3.63) is 35.4 Å². The van der Waals surface area contributed by atoms with Gasteiger partial charge < -0.3 is 10.6 Å². The zero-order chi connectivity index (χ0) is 13.0. The van der Waals surface area contributed by atoms with Gasteiger partial charge in [-0.15, -0.1) is 0 Å². The monoisotopic (exact) mass is 247 g/mol. The van der Waals surface area contributed by atoms with Gasteiger partial charge in [0.05, 0.1) is 0 Å². The number of nitrogens with two attached hydrogens (primary N) is 1. The largest absolute Gasteiger partial charge is 0.330 e. The molecular weight excluding hydrogens is 222 g/mol. The molecule has 1 aliphatic rings. The molecule has 1 aromatic rings. The summed E-state index contributed by atoms with van der Waals surface area (Å²) in [5, 5.41) is 0. The third-order valence-corrected chi connectivity index (χ3v) is 3.88. The Morgan fingerprint density at radius 1 is 1.11 bits per heavy atom. The molecule has 2 rings (SSSR count). The highest BCUT2D eigenvalue weighted by Crippen LogP contribution is 2.25. The second kappa shape index (κ2) is 6.32. The van der Waals surface area contributed by atoms with Crippen LogP contribution in [-0.4, -0.2) is 49.6 Å². The Morgan fingerprint density at radius 3 is 2.28 bits per heavy atom. The summed E-state index contributed by atoms with van der Waals surface area (Å²) in [6, 6.07) is 9.41. The minimum Gasteiger partial charge on any atom is -0.330 e.